The number of allylic oxidation sites excluding steroid dienone is 2. The van der Waals surface area contributed by atoms with Crippen LogP contribution in [0.25, 0.3) is 27.8 Å². The average Bonchev–Trinajstić information content (AvgIpc) is 2.89. The summed E-state index contributed by atoms with van der Waals surface area (Å²) in [4.78, 5) is 2.29. The third-order valence-electron chi connectivity index (χ3n) is 6.51. The minimum Gasteiger partial charge on any atom is -0.423 e. The van der Waals surface area contributed by atoms with Gasteiger partial charge in [0.05, 0.1) is 0 Å². The Morgan fingerprint density at radius 1 is 0.667 bits per heavy atom. The van der Waals surface area contributed by atoms with Crippen molar-refractivity contribution >= 4 is 36.2 Å². The molecule has 0 radical (unpaired) electrons. The lowest BCUT2D eigenvalue weighted by Crippen LogP contribution is -2.49. The molecule has 0 atom stereocenters. The molecular formula is C28H21B2NO2. The highest BCUT2D eigenvalue weighted by atomic mass is 16.4. The van der Waals surface area contributed by atoms with Crippen LogP contribution >= 0.6 is 0 Å². The zero-order chi connectivity index (χ0) is 22.4. The van der Waals surface area contributed by atoms with Gasteiger partial charge in [-0.3, -0.25) is 0 Å². The molecule has 156 valence electrons. The van der Waals surface area contributed by atoms with E-state index in [1.165, 1.54) is 16.6 Å². The predicted molar refractivity (Wildman–Crippen MR) is 139 cm³/mol. The molecule has 0 unspecified atom stereocenters. The molecule has 0 amide bonds. The van der Waals surface area contributed by atoms with E-state index in [-0.39, 0.29) is 6.85 Å². The molecule has 4 aromatic carbocycles. The summed E-state index contributed by atoms with van der Waals surface area (Å²) in [5.74, 6) is 2.25. The smallest absolute Gasteiger partial charge is 0.423 e. The van der Waals surface area contributed by atoms with E-state index in [1.807, 2.05) is 24.3 Å². The third-order valence-corrected chi connectivity index (χ3v) is 6.51. The van der Waals surface area contributed by atoms with Crippen molar-refractivity contribution in [3.63, 3.8) is 0 Å². The Labute approximate surface area is 194 Å². The van der Waals surface area contributed by atoms with Gasteiger partial charge in [0.15, 0.2) is 0 Å². The van der Waals surface area contributed by atoms with Gasteiger partial charge in [-0.05, 0) is 57.1 Å². The number of hydrogen-bond donors (Lipinski definition) is 2. The normalized spacial score (nSPS) is 13.7. The van der Waals surface area contributed by atoms with Crippen molar-refractivity contribution in [3.8, 4) is 22.3 Å². The molecule has 4 aromatic rings. The third kappa shape index (κ3) is 3.43. The lowest BCUT2D eigenvalue weighted by atomic mass is 9.49. The first-order valence-corrected chi connectivity index (χ1v) is 11.1. The number of fused-ring (bicyclic) bond motifs is 6. The van der Waals surface area contributed by atoms with Crippen LogP contribution in [0.3, 0.4) is 0 Å². The van der Waals surface area contributed by atoms with Crippen LogP contribution in [0.1, 0.15) is 5.56 Å². The van der Waals surface area contributed by atoms with Gasteiger partial charge in [0.25, 0.3) is 0 Å². The number of benzene rings is 4. The van der Waals surface area contributed by atoms with Crippen LogP contribution in [0.15, 0.2) is 115 Å². The molecule has 2 aliphatic rings. The minimum absolute atomic E-state index is 0.0969. The van der Waals surface area contributed by atoms with E-state index in [1.54, 1.807) is 6.07 Å². The number of nitrogens with zero attached hydrogens (tertiary/aromatic N) is 1. The van der Waals surface area contributed by atoms with E-state index in [2.05, 4.69) is 89.8 Å². The quantitative estimate of drug-likeness (QED) is 0.490. The van der Waals surface area contributed by atoms with Gasteiger partial charge in [0, 0.05) is 11.3 Å². The Hall–Kier alpha value is -3.79. The molecule has 5 heteroatoms. The summed E-state index contributed by atoms with van der Waals surface area (Å²) in [5, 5.41) is 19.5. The standard InChI is InChI=1S/C28H21B2NO2/c32-30(33)24-13-14-28-26(18-24)25-11-4-5-12-27(25)29-16-15-23(19-31(28)29)22-10-6-9-21(17-22)20-7-2-1-3-8-20/h1-19,32-33H. The molecule has 33 heavy (non-hydrogen) atoms. The molecular weight excluding hydrogens is 404 g/mol. The van der Waals surface area contributed by atoms with E-state index >= 15 is 0 Å². The summed E-state index contributed by atoms with van der Waals surface area (Å²) in [6.45, 7) is 0.0969. The Morgan fingerprint density at radius 3 is 2.27 bits per heavy atom. The van der Waals surface area contributed by atoms with Crippen LogP contribution in [0.4, 0.5) is 5.69 Å². The second-order valence-corrected chi connectivity index (χ2v) is 8.48. The predicted octanol–water partition coefficient (Wildman–Crippen LogP) is 3.87. The van der Waals surface area contributed by atoms with Crippen molar-refractivity contribution in [1.82, 2.24) is 0 Å². The zero-order valence-electron chi connectivity index (χ0n) is 18.0. The van der Waals surface area contributed by atoms with E-state index in [0.29, 0.717) is 5.46 Å². The fraction of sp³-hybridized carbons (Fsp3) is 0. The highest BCUT2D eigenvalue weighted by Crippen LogP contribution is 2.38. The summed E-state index contributed by atoms with van der Waals surface area (Å²) < 4.78 is 0. The maximum Gasteiger partial charge on any atom is 0.488 e. The Morgan fingerprint density at radius 2 is 1.42 bits per heavy atom. The molecule has 2 aliphatic heterocycles. The van der Waals surface area contributed by atoms with Crippen LogP contribution < -0.4 is 15.7 Å². The first kappa shape index (κ1) is 19.9. The van der Waals surface area contributed by atoms with E-state index in [0.717, 1.165) is 28.0 Å². The molecule has 3 nitrogen and oxygen atoms in total. The van der Waals surface area contributed by atoms with Crippen molar-refractivity contribution in [2.24, 2.45) is 0 Å². The van der Waals surface area contributed by atoms with Gasteiger partial charge < -0.3 is 14.9 Å². The van der Waals surface area contributed by atoms with Gasteiger partial charge in [-0.15, -0.1) is 0 Å². The van der Waals surface area contributed by atoms with E-state index in [9.17, 15) is 10.0 Å². The second kappa shape index (κ2) is 7.96. The molecule has 0 aromatic heterocycles. The monoisotopic (exact) mass is 425 g/mol. The lowest BCUT2D eigenvalue weighted by molar-refractivity contribution is 0.426. The first-order chi connectivity index (χ1) is 16.2. The number of anilines is 1. The van der Waals surface area contributed by atoms with Crippen molar-refractivity contribution in [2.75, 3.05) is 4.81 Å². The molecule has 2 heterocycles. The molecule has 2 N–H and O–H groups in total. The van der Waals surface area contributed by atoms with Crippen molar-refractivity contribution in [2.45, 2.75) is 0 Å². The Kier molecular flexibility index (Phi) is 4.79. The summed E-state index contributed by atoms with van der Waals surface area (Å²) in [6.07, 6.45) is 4.41. The number of rotatable bonds is 3. The molecule has 0 bridgehead atoms. The Balaban J connectivity index is 1.46. The number of hydrogen-bond acceptors (Lipinski definition) is 3. The zero-order valence-corrected chi connectivity index (χ0v) is 18.0. The first-order valence-electron chi connectivity index (χ1n) is 11.1. The van der Waals surface area contributed by atoms with Gasteiger partial charge in [0.1, 0.15) is 0 Å². The van der Waals surface area contributed by atoms with Crippen molar-refractivity contribution in [3.05, 3.63) is 121 Å². The summed E-state index contributed by atoms with van der Waals surface area (Å²) in [6, 6.07) is 33.0. The summed E-state index contributed by atoms with van der Waals surface area (Å²) >= 11 is 0. The largest absolute Gasteiger partial charge is 0.488 e. The van der Waals surface area contributed by atoms with Gasteiger partial charge in [0.2, 0.25) is 0 Å². The van der Waals surface area contributed by atoms with Crippen LogP contribution in [-0.4, -0.2) is 24.0 Å². The fourth-order valence-electron chi connectivity index (χ4n) is 4.87. The van der Waals surface area contributed by atoms with Crippen LogP contribution in [0, 0.1) is 0 Å². The lowest BCUT2D eigenvalue weighted by Gasteiger charge is -2.37. The SMILES string of the molecule is OB(O)c1ccc2c(c1)-c1ccccc1B1C=CC(c3cccc(-c4ccccc4)c3)=CN12. The minimum atomic E-state index is -1.49. The van der Waals surface area contributed by atoms with Gasteiger partial charge >= 0.3 is 14.0 Å². The molecule has 0 spiro atoms. The Bertz CT molecular complexity index is 1410. The molecule has 0 fully saturated rings. The maximum atomic E-state index is 9.74. The summed E-state index contributed by atoms with van der Waals surface area (Å²) in [7, 11) is -1.49. The molecule has 6 rings (SSSR count). The van der Waals surface area contributed by atoms with Gasteiger partial charge in [-0.1, -0.05) is 97.0 Å². The maximum absolute atomic E-state index is 9.74. The van der Waals surface area contributed by atoms with E-state index < -0.39 is 7.12 Å². The second-order valence-electron chi connectivity index (χ2n) is 8.48. The van der Waals surface area contributed by atoms with Crippen molar-refractivity contribution < 1.29 is 10.0 Å². The van der Waals surface area contributed by atoms with Crippen molar-refractivity contribution in [1.29, 1.82) is 0 Å². The summed E-state index contributed by atoms with van der Waals surface area (Å²) in [5.41, 5.74) is 9.59. The molecule has 0 saturated carbocycles. The van der Waals surface area contributed by atoms with Gasteiger partial charge in [-0.2, -0.15) is 0 Å². The van der Waals surface area contributed by atoms with Gasteiger partial charge in [-0.25, -0.2) is 0 Å². The fourth-order valence-corrected chi connectivity index (χ4v) is 4.87. The van der Waals surface area contributed by atoms with Crippen LogP contribution in [0.2, 0.25) is 0 Å². The highest BCUT2D eigenvalue weighted by molar-refractivity contribution is 6.84. The topological polar surface area (TPSA) is 43.7 Å². The molecule has 0 saturated heterocycles. The average molecular weight is 425 g/mol. The van der Waals surface area contributed by atoms with Crippen LogP contribution in [0.5, 0.6) is 0 Å². The van der Waals surface area contributed by atoms with Crippen LogP contribution in [-0.2, 0) is 0 Å². The van der Waals surface area contributed by atoms with E-state index in [4.69, 9.17) is 0 Å². The molecule has 0 aliphatic carbocycles. The highest BCUT2D eigenvalue weighted by Gasteiger charge is 2.34.